The molecule has 0 amide bonds. The molecule has 154 valence electrons. The highest BCUT2D eigenvalue weighted by atomic mass is 32.2. The van der Waals surface area contributed by atoms with E-state index in [-0.39, 0.29) is 10.7 Å². The van der Waals surface area contributed by atoms with E-state index in [9.17, 15) is 12.8 Å². The van der Waals surface area contributed by atoms with Crippen LogP contribution < -0.4 is 15.8 Å². The quantitative estimate of drug-likeness (QED) is 0.349. The first-order valence-corrected chi connectivity index (χ1v) is 10.8. The standard InChI is InChI=1S/C20H24FN5O2S/c1-2-23-20(26-12-14-4-3-5-17(10-14)29(22,27)28)24-9-8-15-13-25-19-7-6-16(21)11-18(15)19/h3-7,10-11,13,25H,2,8-9,12H2,1H3,(H2,22,27,28)(H2,23,24,26). The molecule has 0 aliphatic carbocycles. The number of nitrogens with zero attached hydrogens (tertiary/aromatic N) is 1. The van der Waals surface area contributed by atoms with Gasteiger partial charge in [0.05, 0.1) is 11.4 Å². The van der Waals surface area contributed by atoms with Crippen LogP contribution >= 0.6 is 0 Å². The number of aliphatic imine (C=N–C) groups is 1. The van der Waals surface area contributed by atoms with Crippen molar-refractivity contribution in [2.24, 2.45) is 10.1 Å². The molecule has 0 bridgehead atoms. The van der Waals surface area contributed by atoms with Gasteiger partial charge in [0.2, 0.25) is 10.0 Å². The van der Waals surface area contributed by atoms with Crippen molar-refractivity contribution < 1.29 is 12.8 Å². The summed E-state index contributed by atoms with van der Waals surface area (Å²) in [5.74, 6) is 0.350. The summed E-state index contributed by atoms with van der Waals surface area (Å²) in [5, 5.41) is 12.4. The highest BCUT2D eigenvalue weighted by Gasteiger charge is 2.08. The molecule has 0 saturated carbocycles. The Labute approximate surface area is 169 Å². The lowest BCUT2D eigenvalue weighted by Gasteiger charge is -2.11. The van der Waals surface area contributed by atoms with Gasteiger partial charge >= 0.3 is 0 Å². The number of fused-ring (bicyclic) bond motifs is 1. The fourth-order valence-corrected chi connectivity index (χ4v) is 3.59. The van der Waals surface area contributed by atoms with Crippen LogP contribution in [0.3, 0.4) is 0 Å². The molecule has 29 heavy (non-hydrogen) atoms. The number of nitrogens with one attached hydrogen (secondary N) is 3. The molecule has 0 radical (unpaired) electrons. The number of benzene rings is 2. The second-order valence-electron chi connectivity index (χ2n) is 6.57. The van der Waals surface area contributed by atoms with Crippen LogP contribution in [-0.4, -0.2) is 32.5 Å². The molecule has 3 rings (SSSR count). The lowest BCUT2D eigenvalue weighted by atomic mass is 10.1. The number of aromatic nitrogens is 1. The zero-order chi connectivity index (χ0) is 20.9. The molecule has 0 spiro atoms. The molecule has 0 fully saturated rings. The van der Waals surface area contributed by atoms with Gasteiger partial charge in [-0.25, -0.2) is 22.9 Å². The zero-order valence-electron chi connectivity index (χ0n) is 16.1. The Hall–Kier alpha value is -2.91. The van der Waals surface area contributed by atoms with Gasteiger partial charge in [-0.3, -0.25) is 0 Å². The van der Waals surface area contributed by atoms with Gasteiger partial charge in [0.15, 0.2) is 5.96 Å². The lowest BCUT2D eigenvalue weighted by molar-refractivity contribution is 0.597. The van der Waals surface area contributed by atoms with E-state index in [1.54, 1.807) is 18.2 Å². The van der Waals surface area contributed by atoms with Crippen LogP contribution in [0.5, 0.6) is 0 Å². The summed E-state index contributed by atoms with van der Waals surface area (Å²) < 4.78 is 36.5. The summed E-state index contributed by atoms with van der Waals surface area (Å²) in [6.07, 6.45) is 2.57. The van der Waals surface area contributed by atoms with Crippen LogP contribution in [-0.2, 0) is 23.0 Å². The van der Waals surface area contributed by atoms with Crippen LogP contribution in [0, 0.1) is 5.82 Å². The number of primary sulfonamides is 1. The average molecular weight is 418 g/mol. The first-order valence-electron chi connectivity index (χ1n) is 9.26. The SMILES string of the molecule is CCNC(=NCc1cccc(S(N)(=O)=O)c1)NCCc1c[nH]c2ccc(F)cc12. The maximum Gasteiger partial charge on any atom is 0.238 e. The number of H-pyrrole nitrogens is 1. The molecule has 5 N–H and O–H groups in total. The van der Waals surface area contributed by atoms with E-state index in [1.165, 1.54) is 24.3 Å². The Morgan fingerprint density at radius 2 is 2.03 bits per heavy atom. The molecule has 1 heterocycles. The molecule has 0 atom stereocenters. The van der Waals surface area contributed by atoms with Crippen molar-refractivity contribution in [3.05, 3.63) is 65.6 Å². The summed E-state index contributed by atoms with van der Waals surface area (Å²) >= 11 is 0. The first-order chi connectivity index (χ1) is 13.9. The van der Waals surface area contributed by atoms with Crippen LogP contribution in [0.2, 0.25) is 0 Å². The Bertz CT molecular complexity index is 1120. The predicted octanol–water partition coefficient (Wildman–Crippen LogP) is 2.25. The van der Waals surface area contributed by atoms with E-state index < -0.39 is 10.0 Å². The van der Waals surface area contributed by atoms with E-state index in [0.29, 0.717) is 32.0 Å². The topological polar surface area (TPSA) is 112 Å². The number of rotatable bonds is 7. The number of guanidine groups is 1. The second kappa shape index (κ2) is 9.06. The summed E-state index contributed by atoms with van der Waals surface area (Å²) in [6, 6.07) is 11.1. The largest absolute Gasteiger partial charge is 0.361 e. The average Bonchev–Trinajstić information content (AvgIpc) is 3.08. The van der Waals surface area contributed by atoms with Crippen molar-refractivity contribution in [3.63, 3.8) is 0 Å². The molecule has 9 heteroatoms. The highest BCUT2D eigenvalue weighted by molar-refractivity contribution is 7.89. The molecule has 3 aromatic rings. The van der Waals surface area contributed by atoms with Gasteiger partial charge in [0, 0.05) is 30.2 Å². The molecular weight excluding hydrogens is 393 g/mol. The Balaban J connectivity index is 1.64. The fourth-order valence-electron chi connectivity index (χ4n) is 3.01. The Morgan fingerprint density at radius 1 is 1.21 bits per heavy atom. The van der Waals surface area contributed by atoms with Gasteiger partial charge in [-0.2, -0.15) is 0 Å². The number of sulfonamides is 1. The molecule has 0 unspecified atom stereocenters. The maximum atomic E-state index is 13.5. The third-order valence-corrected chi connectivity index (χ3v) is 5.32. The van der Waals surface area contributed by atoms with E-state index >= 15 is 0 Å². The first kappa shape index (κ1) is 20.8. The van der Waals surface area contributed by atoms with Gasteiger partial charge in [-0.05, 0) is 54.8 Å². The van der Waals surface area contributed by atoms with E-state index in [1.807, 2.05) is 13.1 Å². The minimum Gasteiger partial charge on any atom is -0.361 e. The summed E-state index contributed by atoms with van der Waals surface area (Å²) in [5.41, 5.74) is 2.65. The van der Waals surface area contributed by atoms with Gasteiger partial charge in [-0.15, -0.1) is 0 Å². The van der Waals surface area contributed by atoms with Crippen molar-refractivity contribution in [2.75, 3.05) is 13.1 Å². The number of aromatic amines is 1. The summed E-state index contributed by atoms with van der Waals surface area (Å²) in [7, 11) is -3.74. The van der Waals surface area contributed by atoms with E-state index in [4.69, 9.17) is 5.14 Å². The number of hydrogen-bond donors (Lipinski definition) is 4. The van der Waals surface area contributed by atoms with Crippen molar-refractivity contribution in [1.82, 2.24) is 15.6 Å². The minimum atomic E-state index is -3.74. The Kier molecular flexibility index (Phi) is 6.50. The fraction of sp³-hybridized carbons (Fsp3) is 0.250. The van der Waals surface area contributed by atoms with Crippen LogP contribution in [0.15, 0.2) is 58.5 Å². The van der Waals surface area contributed by atoms with Gasteiger partial charge < -0.3 is 15.6 Å². The molecule has 1 aromatic heterocycles. The number of hydrogen-bond acceptors (Lipinski definition) is 3. The molecule has 0 aliphatic rings. The monoisotopic (exact) mass is 417 g/mol. The summed E-state index contributed by atoms with van der Waals surface area (Å²) in [6.45, 7) is 3.55. The van der Waals surface area contributed by atoms with Crippen molar-refractivity contribution in [2.45, 2.75) is 24.8 Å². The van der Waals surface area contributed by atoms with Crippen LogP contribution in [0.4, 0.5) is 4.39 Å². The summed E-state index contributed by atoms with van der Waals surface area (Å²) in [4.78, 5) is 7.70. The van der Waals surface area contributed by atoms with Crippen LogP contribution in [0.25, 0.3) is 10.9 Å². The molecular formula is C20H24FN5O2S. The molecule has 0 aliphatic heterocycles. The predicted molar refractivity (Wildman–Crippen MR) is 113 cm³/mol. The second-order valence-corrected chi connectivity index (χ2v) is 8.13. The minimum absolute atomic E-state index is 0.0646. The van der Waals surface area contributed by atoms with Crippen molar-refractivity contribution >= 4 is 26.9 Å². The van der Waals surface area contributed by atoms with Crippen LogP contribution in [0.1, 0.15) is 18.1 Å². The van der Waals surface area contributed by atoms with Gasteiger partial charge in [0.1, 0.15) is 5.82 Å². The zero-order valence-corrected chi connectivity index (χ0v) is 16.9. The van der Waals surface area contributed by atoms with Gasteiger partial charge in [-0.1, -0.05) is 12.1 Å². The molecule has 0 saturated heterocycles. The van der Waals surface area contributed by atoms with Gasteiger partial charge in [0.25, 0.3) is 0 Å². The molecule has 2 aromatic carbocycles. The van der Waals surface area contributed by atoms with Crippen molar-refractivity contribution in [1.29, 1.82) is 0 Å². The number of nitrogens with two attached hydrogens (primary N) is 1. The van der Waals surface area contributed by atoms with E-state index in [2.05, 4.69) is 20.6 Å². The third-order valence-electron chi connectivity index (χ3n) is 4.41. The molecule has 7 nitrogen and oxygen atoms in total. The number of halogens is 1. The van der Waals surface area contributed by atoms with E-state index in [0.717, 1.165) is 22.0 Å². The maximum absolute atomic E-state index is 13.5. The highest BCUT2D eigenvalue weighted by Crippen LogP contribution is 2.19. The van der Waals surface area contributed by atoms with Crippen molar-refractivity contribution in [3.8, 4) is 0 Å². The lowest BCUT2D eigenvalue weighted by Crippen LogP contribution is -2.38. The third kappa shape index (κ3) is 5.55. The normalized spacial score (nSPS) is 12.3. The smallest absolute Gasteiger partial charge is 0.238 e. The Morgan fingerprint density at radius 3 is 2.79 bits per heavy atom.